The molecule has 0 amide bonds. The Balaban J connectivity index is 2.05. The van der Waals surface area contributed by atoms with Crippen molar-refractivity contribution < 1.29 is 10.2 Å². The lowest BCUT2D eigenvalue weighted by molar-refractivity contribution is 0.0617. The number of rotatable bonds is 3. The third-order valence-corrected chi connectivity index (χ3v) is 3.76. The largest absolute Gasteiger partial charge is 0.508 e. The van der Waals surface area contributed by atoms with Gasteiger partial charge in [-0.2, -0.15) is 0 Å². The molecule has 1 aliphatic carbocycles. The van der Waals surface area contributed by atoms with Crippen molar-refractivity contribution in [3.05, 3.63) is 29.8 Å². The minimum absolute atomic E-state index is 0.203. The molecule has 3 heteroatoms. The van der Waals surface area contributed by atoms with E-state index in [0.717, 1.165) is 18.4 Å². The third kappa shape index (κ3) is 2.99. The SMILES string of the molecule is N[C@H](c1cccc(O)c1)[C@@H](O)C1CCCCC1. The average Bonchev–Trinajstić information content (AvgIpc) is 2.38. The summed E-state index contributed by atoms with van der Waals surface area (Å²) in [6, 6.07) is 6.47. The molecule has 1 fully saturated rings. The Kier molecular flexibility index (Phi) is 4.02. The molecule has 4 N–H and O–H groups in total. The molecular weight excluding hydrogens is 214 g/mol. The summed E-state index contributed by atoms with van der Waals surface area (Å²) in [5.41, 5.74) is 6.89. The van der Waals surface area contributed by atoms with Crippen molar-refractivity contribution in [2.75, 3.05) is 0 Å². The molecule has 17 heavy (non-hydrogen) atoms. The lowest BCUT2D eigenvalue weighted by Gasteiger charge is -2.30. The minimum Gasteiger partial charge on any atom is -0.508 e. The van der Waals surface area contributed by atoms with Crippen LogP contribution in [0.1, 0.15) is 43.7 Å². The fourth-order valence-electron chi connectivity index (χ4n) is 2.70. The van der Waals surface area contributed by atoms with Gasteiger partial charge in [0.25, 0.3) is 0 Å². The molecule has 0 unspecified atom stereocenters. The second-order valence-electron chi connectivity index (χ2n) is 5.01. The zero-order chi connectivity index (χ0) is 12.3. The summed E-state index contributed by atoms with van der Waals surface area (Å²) in [6.07, 6.45) is 5.27. The van der Waals surface area contributed by atoms with Crippen LogP contribution in [0.2, 0.25) is 0 Å². The van der Waals surface area contributed by atoms with E-state index in [1.54, 1.807) is 18.2 Å². The van der Waals surface area contributed by atoms with E-state index in [0.29, 0.717) is 5.92 Å². The minimum atomic E-state index is -0.503. The molecule has 1 aromatic carbocycles. The second kappa shape index (κ2) is 5.52. The molecule has 0 heterocycles. The van der Waals surface area contributed by atoms with Crippen molar-refractivity contribution in [3.63, 3.8) is 0 Å². The summed E-state index contributed by atoms with van der Waals surface area (Å²) in [6.45, 7) is 0. The van der Waals surface area contributed by atoms with Crippen LogP contribution in [0.25, 0.3) is 0 Å². The van der Waals surface area contributed by atoms with E-state index in [1.165, 1.54) is 19.3 Å². The van der Waals surface area contributed by atoms with Gasteiger partial charge in [-0.3, -0.25) is 0 Å². The highest BCUT2D eigenvalue weighted by Crippen LogP contribution is 2.31. The smallest absolute Gasteiger partial charge is 0.115 e. The normalized spacial score (nSPS) is 21.1. The van der Waals surface area contributed by atoms with Gasteiger partial charge in [0, 0.05) is 0 Å². The molecule has 2 atom stereocenters. The molecule has 2 rings (SSSR count). The third-order valence-electron chi connectivity index (χ3n) is 3.76. The Hall–Kier alpha value is -1.06. The average molecular weight is 235 g/mol. The van der Waals surface area contributed by atoms with E-state index in [1.807, 2.05) is 6.07 Å². The van der Waals surface area contributed by atoms with Crippen LogP contribution >= 0.6 is 0 Å². The van der Waals surface area contributed by atoms with E-state index in [-0.39, 0.29) is 5.75 Å². The number of phenolic OH excluding ortho intramolecular Hbond substituents is 1. The predicted molar refractivity (Wildman–Crippen MR) is 67.6 cm³/mol. The summed E-state index contributed by atoms with van der Waals surface area (Å²) in [4.78, 5) is 0. The zero-order valence-electron chi connectivity index (χ0n) is 10.0. The van der Waals surface area contributed by atoms with Crippen LogP contribution in [-0.4, -0.2) is 16.3 Å². The standard InChI is InChI=1S/C14H21NO2/c15-13(11-7-4-8-12(16)9-11)14(17)10-5-2-1-3-6-10/h4,7-10,13-14,16-17H,1-3,5-6,15H2/t13-,14+/m1/s1. The molecular formula is C14H21NO2. The van der Waals surface area contributed by atoms with Gasteiger partial charge < -0.3 is 15.9 Å². The predicted octanol–water partition coefficient (Wildman–Crippen LogP) is 2.33. The van der Waals surface area contributed by atoms with Crippen LogP contribution in [0.4, 0.5) is 0 Å². The number of aliphatic hydroxyl groups is 1. The van der Waals surface area contributed by atoms with Crippen molar-refractivity contribution in [1.29, 1.82) is 0 Å². The van der Waals surface area contributed by atoms with Gasteiger partial charge in [0.1, 0.15) is 5.75 Å². The van der Waals surface area contributed by atoms with E-state index in [2.05, 4.69) is 0 Å². The van der Waals surface area contributed by atoms with Gasteiger partial charge >= 0.3 is 0 Å². The lowest BCUT2D eigenvalue weighted by Crippen LogP contribution is -2.34. The number of aliphatic hydroxyl groups excluding tert-OH is 1. The van der Waals surface area contributed by atoms with Crippen molar-refractivity contribution in [1.82, 2.24) is 0 Å². The van der Waals surface area contributed by atoms with Gasteiger partial charge in [-0.15, -0.1) is 0 Å². The fraction of sp³-hybridized carbons (Fsp3) is 0.571. The summed E-state index contributed by atoms with van der Waals surface area (Å²) in [5, 5.41) is 19.7. The number of nitrogens with two attached hydrogens (primary N) is 1. The van der Waals surface area contributed by atoms with Crippen LogP contribution < -0.4 is 5.73 Å². The van der Waals surface area contributed by atoms with Gasteiger partial charge in [-0.05, 0) is 36.5 Å². The first-order valence-electron chi connectivity index (χ1n) is 6.41. The molecule has 0 aromatic heterocycles. The molecule has 0 aliphatic heterocycles. The van der Waals surface area contributed by atoms with E-state index >= 15 is 0 Å². The van der Waals surface area contributed by atoms with Gasteiger partial charge in [0.05, 0.1) is 12.1 Å². The maximum atomic E-state index is 10.3. The monoisotopic (exact) mass is 235 g/mol. The second-order valence-corrected chi connectivity index (χ2v) is 5.01. The van der Waals surface area contributed by atoms with Gasteiger partial charge in [0.15, 0.2) is 0 Å². The summed E-state index contributed by atoms with van der Waals surface area (Å²) in [5.74, 6) is 0.509. The molecule has 94 valence electrons. The van der Waals surface area contributed by atoms with Crippen LogP contribution in [0.5, 0.6) is 5.75 Å². The van der Waals surface area contributed by atoms with Crippen molar-refractivity contribution in [3.8, 4) is 5.75 Å². The van der Waals surface area contributed by atoms with Crippen LogP contribution in [0.15, 0.2) is 24.3 Å². The first kappa shape index (κ1) is 12.4. The topological polar surface area (TPSA) is 66.5 Å². The van der Waals surface area contributed by atoms with E-state index in [9.17, 15) is 10.2 Å². The van der Waals surface area contributed by atoms with Crippen molar-refractivity contribution >= 4 is 0 Å². The Morgan fingerprint density at radius 3 is 2.53 bits per heavy atom. The maximum absolute atomic E-state index is 10.3. The summed E-state index contributed by atoms with van der Waals surface area (Å²) >= 11 is 0. The van der Waals surface area contributed by atoms with Crippen molar-refractivity contribution in [2.24, 2.45) is 11.7 Å². The molecule has 0 spiro atoms. The quantitative estimate of drug-likeness (QED) is 0.753. The van der Waals surface area contributed by atoms with Gasteiger partial charge in [-0.1, -0.05) is 31.4 Å². The Morgan fingerprint density at radius 1 is 1.18 bits per heavy atom. The molecule has 0 radical (unpaired) electrons. The Bertz CT molecular complexity index is 361. The van der Waals surface area contributed by atoms with Crippen LogP contribution in [0, 0.1) is 5.92 Å². The molecule has 1 saturated carbocycles. The number of aromatic hydroxyl groups is 1. The summed E-state index contributed by atoms with van der Waals surface area (Å²) < 4.78 is 0. The molecule has 1 aliphatic rings. The number of hydrogen-bond acceptors (Lipinski definition) is 3. The molecule has 1 aromatic rings. The van der Waals surface area contributed by atoms with Crippen LogP contribution in [0.3, 0.4) is 0 Å². The van der Waals surface area contributed by atoms with E-state index < -0.39 is 12.1 Å². The Morgan fingerprint density at radius 2 is 1.88 bits per heavy atom. The molecule has 3 nitrogen and oxygen atoms in total. The van der Waals surface area contributed by atoms with Crippen molar-refractivity contribution in [2.45, 2.75) is 44.2 Å². The number of hydrogen-bond donors (Lipinski definition) is 3. The van der Waals surface area contributed by atoms with E-state index in [4.69, 9.17) is 5.73 Å². The van der Waals surface area contributed by atoms with Gasteiger partial charge in [0.2, 0.25) is 0 Å². The Labute approximate surface area is 102 Å². The molecule has 0 bridgehead atoms. The fourth-order valence-corrected chi connectivity index (χ4v) is 2.70. The highest BCUT2D eigenvalue weighted by molar-refractivity contribution is 5.29. The number of phenols is 1. The first-order valence-corrected chi connectivity index (χ1v) is 6.41. The highest BCUT2D eigenvalue weighted by Gasteiger charge is 2.27. The maximum Gasteiger partial charge on any atom is 0.115 e. The lowest BCUT2D eigenvalue weighted by atomic mass is 9.81. The number of benzene rings is 1. The summed E-state index contributed by atoms with van der Waals surface area (Å²) in [7, 11) is 0. The zero-order valence-corrected chi connectivity index (χ0v) is 10.0. The van der Waals surface area contributed by atoms with Crippen LogP contribution in [-0.2, 0) is 0 Å². The highest BCUT2D eigenvalue weighted by atomic mass is 16.3. The van der Waals surface area contributed by atoms with Gasteiger partial charge in [-0.25, -0.2) is 0 Å². The molecule has 0 saturated heterocycles. The first-order chi connectivity index (χ1) is 8.18.